The van der Waals surface area contributed by atoms with Gasteiger partial charge < -0.3 is 9.84 Å². The molecule has 0 radical (unpaired) electrons. The highest BCUT2D eigenvalue weighted by Crippen LogP contribution is 2.36. The molecule has 2 amide bonds. The van der Waals surface area contributed by atoms with Crippen LogP contribution in [-0.2, 0) is 4.79 Å². The van der Waals surface area contributed by atoms with E-state index in [0.717, 1.165) is 4.90 Å². The van der Waals surface area contributed by atoms with Gasteiger partial charge >= 0.3 is 0 Å². The number of ether oxygens (including phenoxy) is 1. The van der Waals surface area contributed by atoms with Crippen LogP contribution < -0.4 is 9.64 Å². The minimum absolute atomic E-state index is 0.103. The molecule has 0 spiro atoms. The molecule has 3 rings (SSSR count). The van der Waals surface area contributed by atoms with E-state index in [-0.39, 0.29) is 13.2 Å². The number of imide groups is 1. The zero-order chi connectivity index (χ0) is 17.8. The van der Waals surface area contributed by atoms with Gasteiger partial charge in [-0.05, 0) is 23.8 Å². The van der Waals surface area contributed by atoms with Crippen LogP contribution in [0, 0.1) is 0 Å². The molecule has 1 atom stereocenters. The highest BCUT2D eigenvalue weighted by Gasteiger charge is 2.39. The number of rotatable bonds is 5. The average molecular weight is 338 g/mol. The van der Waals surface area contributed by atoms with Gasteiger partial charge in [-0.3, -0.25) is 14.6 Å². The number of aliphatic imine (C=N–C) groups is 1. The van der Waals surface area contributed by atoms with Crippen molar-refractivity contribution in [2.45, 2.75) is 5.92 Å². The van der Waals surface area contributed by atoms with E-state index in [4.69, 9.17) is 9.84 Å². The number of hydrogen-bond acceptors (Lipinski definition) is 5. The molecule has 6 heteroatoms. The molecule has 0 aromatic heterocycles. The Hall–Kier alpha value is -2.99. The van der Waals surface area contributed by atoms with Crippen molar-refractivity contribution in [1.29, 1.82) is 0 Å². The first-order valence-corrected chi connectivity index (χ1v) is 7.90. The molecule has 0 fully saturated rings. The number of para-hydroxylation sites is 2. The van der Waals surface area contributed by atoms with Crippen LogP contribution in [0.4, 0.5) is 5.69 Å². The number of aliphatic hydroxyl groups excluding tert-OH is 1. The summed E-state index contributed by atoms with van der Waals surface area (Å²) in [7, 11) is 1.49. The van der Waals surface area contributed by atoms with Gasteiger partial charge in [0.15, 0.2) is 0 Å². The summed E-state index contributed by atoms with van der Waals surface area (Å²) in [6.07, 6.45) is 1.49. The molecule has 1 aliphatic rings. The summed E-state index contributed by atoms with van der Waals surface area (Å²) < 4.78 is 5.30. The maximum atomic E-state index is 13.1. The summed E-state index contributed by atoms with van der Waals surface area (Å²) in [6.45, 7) is 0.1000. The summed E-state index contributed by atoms with van der Waals surface area (Å²) in [5.74, 6) is -1.04. The van der Waals surface area contributed by atoms with E-state index in [9.17, 15) is 9.59 Å². The number of hydrogen-bond donors (Lipinski definition) is 1. The van der Waals surface area contributed by atoms with Crippen LogP contribution in [0.2, 0.25) is 0 Å². The highest BCUT2D eigenvalue weighted by atomic mass is 16.5. The molecule has 0 unspecified atom stereocenters. The lowest BCUT2D eigenvalue weighted by Crippen LogP contribution is -2.45. The Bertz CT molecular complexity index is 832. The van der Waals surface area contributed by atoms with Gasteiger partial charge in [0.1, 0.15) is 5.75 Å². The number of amides is 2. The van der Waals surface area contributed by atoms with Crippen LogP contribution in [0.15, 0.2) is 53.5 Å². The average Bonchev–Trinajstić information content (AvgIpc) is 2.65. The minimum Gasteiger partial charge on any atom is -0.495 e. The Balaban J connectivity index is 2.12. The van der Waals surface area contributed by atoms with E-state index in [2.05, 4.69) is 4.99 Å². The number of carbonyl (C=O) groups excluding carboxylic acids is 2. The molecule has 6 nitrogen and oxygen atoms in total. The third-order valence-corrected chi connectivity index (χ3v) is 4.03. The van der Waals surface area contributed by atoms with Crippen molar-refractivity contribution in [3.63, 3.8) is 0 Å². The SMILES string of the molecule is COc1ccccc1N1C(=O)c2ccccc2[C@@H](C=NCCO)C1=O. The molecule has 2 aromatic carbocycles. The lowest BCUT2D eigenvalue weighted by molar-refractivity contribution is -0.118. The number of anilines is 1. The molecule has 1 heterocycles. The number of methoxy groups -OCH3 is 1. The van der Waals surface area contributed by atoms with Gasteiger partial charge in [-0.15, -0.1) is 0 Å². The largest absolute Gasteiger partial charge is 0.495 e. The van der Waals surface area contributed by atoms with E-state index in [1.807, 2.05) is 0 Å². The predicted molar refractivity (Wildman–Crippen MR) is 94.4 cm³/mol. The lowest BCUT2D eigenvalue weighted by atomic mass is 9.89. The first kappa shape index (κ1) is 16.9. The monoisotopic (exact) mass is 338 g/mol. The molecular formula is C19H18N2O4. The molecular weight excluding hydrogens is 320 g/mol. The second-order valence-corrected chi connectivity index (χ2v) is 5.49. The summed E-state index contributed by atoms with van der Waals surface area (Å²) in [4.78, 5) is 31.2. The molecule has 1 N–H and O–H groups in total. The summed E-state index contributed by atoms with van der Waals surface area (Å²) in [6, 6.07) is 13.9. The summed E-state index contributed by atoms with van der Waals surface area (Å²) >= 11 is 0. The van der Waals surface area contributed by atoms with Gasteiger partial charge in [-0.25, -0.2) is 4.90 Å². The fraction of sp³-hybridized carbons (Fsp3) is 0.211. The van der Waals surface area contributed by atoms with Crippen molar-refractivity contribution in [1.82, 2.24) is 0 Å². The quantitative estimate of drug-likeness (QED) is 0.668. The number of nitrogens with zero attached hydrogens (tertiary/aromatic N) is 2. The third-order valence-electron chi connectivity index (χ3n) is 4.03. The van der Waals surface area contributed by atoms with Gasteiger partial charge in [0.25, 0.3) is 5.91 Å². The first-order valence-electron chi connectivity index (χ1n) is 7.90. The minimum atomic E-state index is -0.689. The van der Waals surface area contributed by atoms with Crippen LogP contribution in [-0.4, -0.2) is 43.4 Å². The summed E-state index contributed by atoms with van der Waals surface area (Å²) in [5.41, 5.74) is 1.47. The molecule has 0 saturated heterocycles. The van der Waals surface area contributed by atoms with Crippen molar-refractivity contribution in [3.8, 4) is 5.75 Å². The Morgan fingerprint density at radius 2 is 1.88 bits per heavy atom. The number of fused-ring (bicyclic) bond motifs is 1. The van der Waals surface area contributed by atoms with Gasteiger partial charge in [-0.2, -0.15) is 0 Å². The summed E-state index contributed by atoms with van der Waals surface area (Å²) in [5, 5.41) is 8.92. The third kappa shape index (κ3) is 3.04. The maximum absolute atomic E-state index is 13.1. The van der Waals surface area contributed by atoms with Crippen LogP contribution in [0.1, 0.15) is 21.8 Å². The number of aliphatic hydroxyl groups is 1. The molecule has 1 aliphatic heterocycles. The Morgan fingerprint density at radius 3 is 2.64 bits per heavy atom. The van der Waals surface area contributed by atoms with Gasteiger partial charge in [0, 0.05) is 11.8 Å². The van der Waals surface area contributed by atoms with Crippen molar-refractivity contribution >= 4 is 23.7 Å². The van der Waals surface area contributed by atoms with Crippen LogP contribution in [0.5, 0.6) is 5.75 Å². The Morgan fingerprint density at radius 1 is 1.16 bits per heavy atom. The topological polar surface area (TPSA) is 79.2 Å². The molecule has 0 saturated carbocycles. The van der Waals surface area contributed by atoms with Crippen molar-refractivity contribution in [2.75, 3.05) is 25.2 Å². The molecule has 0 bridgehead atoms. The van der Waals surface area contributed by atoms with Crippen LogP contribution in [0.3, 0.4) is 0 Å². The Kier molecular flexibility index (Phi) is 4.90. The zero-order valence-corrected chi connectivity index (χ0v) is 13.8. The lowest BCUT2D eigenvalue weighted by Gasteiger charge is -2.31. The zero-order valence-electron chi connectivity index (χ0n) is 13.8. The molecule has 25 heavy (non-hydrogen) atoms. The molecule has 2 aromatic rings. The second kappa shape index (κ2) is 7.27. The fourth-order valence-corrected chi connectivity index (χ4v) is 2.88. The maximum Gasteiger partial charge on any atom is 0.265 e. The van der Waals surface area contributed by atoms with Gasteiger partial charge in [-0.1, -0.05) is 30.3 Å². The van der Waals surface area contributed by atoms with E-state index in [0.29, 0.717) is 22.6 Å². The van der Waals surface area contributed by atoms with E-state index in [1.165, 1.54) is 13.3 Å². The standard InChI is InChI=1S/C19H18N2O4/c1-25-17-9-5-4-8-16(17)21-18(23)14-7-3-2-6-13(14)15(19(21)24)12-20-10-11-22/h2-9,12,15,22H,10-11H2,1H3/t15-/m1/s1. The van der Waals surface area contributed by atoms with E-state index >= 15 is 0 Å². The molecule has 0 aliphatic carbocycles. The van der Waals surface area contributed by atoms with Crippen LogP contribution in [0.25, 0.3) is 0 Å². The van der Waals surface area contributed by atoms with Crippen molar-refractivity contribution < 1.29 is 19.4 Å². The van der Waals surface area contributed by atoms with Crippen molar-refractivity contribution in [3.05, 3.63) is 59.7 Å². The number of benzene rings is 2. The van der Waals surface area contributed by atoms with E-state index < -0.39 is 17.7 Å². The first-order chi connectivity index (χ1) is 12.2. The Labute approximate surface area is 145 Å². The second-order valence-electron chi connectivity index (χ2n) is 5.49. The van der Waals surface area contributed by atoms with Crippen LogP contribution >= 0.6 is 0 Å². The smallest absolute Gasteiger partial charge is 0.265 e. The van der Waals surface area contributed by atoms with Crippen molar-refractivity contribution in [2.24, 2.45) is 4.99 Å². The normalized spacial score (nSPS) is 17.0. The van der Waals surface area contributed by atoms with Gasteiger partial charge in [0.05, 0.1) is 31.9 Å². The predicted octanol–water partition coefficient (Wildman–Crippen LogP) is 2.03. The van der Waals surface area contributed by atoms with Gasteiger partial charge in [0.2, 0.25) is 5.91 Å². The molecule has 128 valence electrons. The number of carbonyl (C=O) groups is 2. The highest BCUT2D eigenvalue weighted by molar-refractivity contribution is 6.29. The fourth-order valence-electron chi connectivity index (χ4n) is 2.88. The van der Waals surface area contributed by atoms with E-state index in [1.54, 1.807) is 48.5 Å².